The van der Waals surface area contributed by atoms with Crippen molar-refractivity contribution < 1.29 is 0 Å². The van der Waals surface area contributed by atoms with Gasteiger partial charge in [-0.05, 0) is 13.3 Å². The van der Waals surface area contributed by atoms with E-state index in [0.29, 0.717) is 0 Å². The molecule has 48 valence electrons. The van der Waals surface area contributed by atoms with Gasteiger partial charge in [-0.25, -0.2) is 5.84 Å². The molecule has 0 atom stereocenters. The van der Waals surface area contributed by atoms with Gasteiger partial charge < -0.3 is 5.01 Å². The molecule has 0 unspecified atom stereocenters. The predicted octanol–water partition coefficient (Wildman–Crippen LogP) is 1.11. The Morgan fingerprint density at radius 2 is 2.25 bits per heavy atom. The molecule has 0 aromatic heterocycles. The zero-order chi connectivity index (χ0) is 6.57. The van der Waals surface area contributed by atoms with E-state index in [1.54, 1.807) is 5.01 Å². The minimum absolute atomic E-state index is 0.898. The van der Waals surface area contributed by atoms with Gasteiger partial charge in [-0.15, -0.1) is 0 Å². The monoisotopic (exact) mass is 114 g/mol. The standard InChI is InChI=1S/C6H14N2/c1-4-5-8(7)6(2)3/h2,4-5,7H2,1,3H3. The van der Waals surface area contributed by atoms with Crippen LogP contribution < -0.4 is 5.84 Å². The first-order valence-corrected chi connectivity index (χ1v) is 2.86. The summed E-state index contributed by atoms with van der Waals surface area (Å²) in [5, 5.41) is 1.65. The summed E-state index contributed by atoms with van der Waals surface area (Å²) in [6.45, 7) is 8.56. The summed E-state index contributed by atoms with van der Waals surface area (Å²) in [4.78, 5) is 0. The minimum atomic E-state index is 0.898. The molecule has 0 bridgehead atoms. The summed E-state index contributed by atoms with van der Waals surface area (Å²) in [5.74, 6) is 5.46. The van der Waals surface area contributed by atoms with Gasteiger partial charge in [0.25, 0.3) is 0 Å². The second-order valence-corrected chi connectivity index (χ2v) is 1.93. The lowest BCUT2D eigenvalue weighted by Crippen LogP contribution is -2.29. The lowest BCUT2D eigenvalue weighted by molar-refractivity contribution is 0.361. The molecular weight excluding hydrogens is 100 g/mol. The van der Waals surface area contributed by atoms with Crippen LogP contribution in [-0.2, 0) is 0 Å². The molecule has 0 aromatic rings. The number of nitrogens with zero attached hydrogens (tertiary/aromatic N) is 1. The van der Waals surface area contributed by atoms with Crippen molar-refractivity contribution in [2.24, 2.45) is 5.84 Å². The van der Waals surface area contributed by atoms with Crippen molar-refractivity contribution in [3.63, 3.8) is 0 Å². The Morgan fingerprint density at radius 1 is 1.75 bits per heavy atom. The molecule has 0 heterocycles. The van der Waals surface area contributed by atoms with Gasteiger partial charge in [0.15, 0.2) is 0 Å². The summed E-state index contributed by atoms with van der Waals surface area (Å²) in [5.41, 5.74) is 0.923. The van der Waals surface area contributed by atoms with E-state index >= 15 is 0 Å². The van der Waals surface area contributed by atoms with Crippen molar-refractivity contribution in [2.75, 3.05) is 6.54 Å². The van der Waals surface area contributed by atoms with E-state index in [9.17, 15) is 0 Å². The van der Waals surface area contributed by atoms with Crippen LogP contribution >= 0.6 is 0 Å². The number of hydrogen-bond acceptors (Lipinski definition) is 2. The Morgan fingerprint density at radius 3 is 2.38 bits per heavy atom. The van der Waals surface area contributed by atoms with E-state index in [-0.39, 0.29) is 0 Å². The predicted molar refractivity (Wildman–Crippen MR) is 36.0 cm³/mol. The van der Waals surface area contributed by atoms with E-state index in [4.69, 9.17) is 5.84 Å². The molecule has 2 N–H and O–H groups in total. The molecule has 0 aliphatic heterocycles. The molecule has 0 aromatic carbocycles. The van der Waals surface area contributed by atoms with Crippen molar-refractivity contribution in [3.05, 3.63) is 12.3 Å². The number of rotatable bonds is 3. The van der Waals surface area contributed by atoms with Crippen LogP contribution in [-0.4, -0.2) is 11.6 Å². The molecule has 0 fully saturated rings. The fraction of sp³-hybridized carbons (Fsp3) is 0.667. The summed E-state index contributed by atoms with van der Waals surface area (Å²) >= 11 is 0. The highest BCUT2D eigenvalue weighted by Crippen LogP contribution is 1.91. The molecule has 0 radical (unpaired) electrons. The average molecular weight is 114 g/mol. The Hall–Kier alpha value is -0.500. The van der Waals surface area contributed by atoms with Gasteiger partial charge in [-0.2, -0.15) is 0 Å². The van der Waals surface area contributed by atoms with Crippen LogP contribution in [0, 0.1) is 0 Å². The van der Waals surface area contributed by atoms with Crippen LogP contribution in [0.3, 0.4) is 0 Å². The Balaban J connectivity index is 3.32. The summed E-state index contributed by atoms with van der Waals surface area (Å²) in [7, 11) is 0. The molecular formula is C6H14N2. The van der Waals surface area contributed by atoms with Gasteiger partial charge in [0.05, 0.1) is 0 Å². The average Bonchev–Trinajstić information content (AvgIpc) is 1.67. The van der Waals surface area contributed by atoms with Crippen molar-refractivity contribution in [2.45, 2.75) is 20.3 Å². The Kier molecular flexibility index (Phi) is 3.28. The number of allylic oxidation sites excluding steroid dienone is 1. The topological polar surface area (TPSA) is 29.3 Å². The fourth-order valence-corrected chi connectivity index (χ4v) is 0.432. The largest absolute Gasteiger partial charge is 0.316 e. The summed E-state index contributed by atoms with van der Waals surface area (Å²) < 4.78 is 0. The second-order valence-electron chi connectivity index (χ2n) is 1.93. The van der Waals surface area contributed by atoms with Crippen LogP contribution in [0.1, 0.15) is 20.3 Å². The Bertz CT molecular complexity index is 78.6. The molecule has 2 heteroatoms. The zero-order valence-electron chi connectivity index (χ0n) is 5.65. The van der Waals surface area contributed by atoms with Gasteiger partial charge in [0, 0.05) is 12.2 Å². The Labute approximate surface area is 50.9 Å². The second kappa shape index (κ2) is 3.50. The van der Waals surface area contributed by atoms with Crippen molar-refractivity contribution in [3.8, 4) is 0 Å². The minimum Gasteiger partial charge on any atom is -0.316 e. The van der Waals surface area contributed by atoms with E-state index < -0.39 is 0 Å². The van der Waals surface area contributed by atoms with Gasteiger partial charge in [-0.1, -0.05) is 13.5 Å². The molecule has 0 saturated heterocycles. The fourth-order valence-electron chi connectivity index (χ4n) is 0.432. The third-order valence-electron chi connectivity index (χ3n) is 0.955. The molecule has 0 saturated carbocycles. The first-order chi connectivity index (χ1) is 3.68. The maximum absolute atomic E-state index is 5.46. The molecule has 0 aliphatic carbocycles. The molecule has 2 nitrogen and oxygen atoms in total. The summed E-state index contributed by atoms with van der Waals surface area (Å²) in [6, 6.07) is 0. The maximum Gasteiger partial charge on any atom is 0.0335 e. The van der Waals surface area contributed by atoms with Gasteiger partial charge in [0.2, 0.25) is 0 Å². The first kappa shape index (κ1) is 7.50. The smallest absolute Gasteiger partial charge is 0.0335 e. The highest BCUT2D eigenvalue weighted by molar-refractivity contribution is 4.83. The van der Waals surface area contributed by atoms with Crippen LogP contribution in [0.25, 0.3) is 0 Å². The van der Waals surface area contributed by atoms with E-state index in [0.717, 1.165) is 18.7 Å². The third kappa shape index (κ3) is 2.64. The highest BCUT2D eigenvalue weighted by atomic mass is 15.4. The SMILES string of the molecule is C=C(C)N(N)CCC. The lowest BCUT2D eigenvalue weighted by Gasteiger charge is -2.15. The lowest BCUT2D eigenvalue weighted by atomic mass is 10.4. The van der Waals surface area contributed by atoms with Crippen molar-refractivity contribution >= 4 is 0 Å². The van der Waals surface area contributed by atoms with Crippen molar-refractivity contribution in [1.82, 2.24) is 5.01 Å². The zero-order valence-corrected chi connectivity index (χ0v) is 5.65. The maximum atomic E-state index is 5.46. The number of hydrogen-bond donors (Lipinski definition) is 1. The molecule has 0 spiro atoms. The van der Waals surface area contributed by atoms with Crippen molar-refractivity contribution in [1.29, 1.82) is 0 Å². The van der Waals surface area contributed by atoms with Gasteiger partial charge >= 0.3 is 0 Å². The molecule has 0 rings (SSSR count). The summed E-state index contributed by atoms with van der Waals surface area (Å²) in [6.07, 6.45) is 1.07. The molecule has 8 heavy (non-hydrogen) atoms. The normalized spacial score (nSPS) is 8.88. The highest BCUT2D eigenvalue weighted by Gasteiger charge is 1.91. The molecule has 0 aliphatic rings. The third-order valence-corrected chi connectivity index (χ3v) is 0.955. The van der Waals surface area contributed by atoms with Crippen LogP contribution in [0.5, 0.6) is 0 Å². The van der Waals surface area contributed by atoms with E-state index in [2.05, 4.69) is 13.5 Å². The van der Waals surface area contributed by atoms with E-state index in [1.165, 1.54) is 0 Å². The van der Waals surface area contributed by atoms with Gasteiger partial charge in [0.1, 0.15) is 0 Å². The van der Waals surface area contributed by atoms with Gasteiger partial charge in [-0.3, -0.25) is 0 Å². The van der Waals surface area contributed by atoms with Crippen LogP contribution in [0.4, 0.5) is 0 Å². The quantitative estimate of drug-likeness (QED) is 0.440. The van der Waals surface area contributed by atoms with Crippen LogP contribution in [0.15, 0.2) is 12.3 Å². The van der Waals surface area contributed by atoms with E-state index in [1.807, 2.05) is 6.92 Å². The first-order valence-electron chi connectivity index (χ1n) is 2.86. The number of nitrogens with two attached hydrogens (primary N) is 1. The molecule has 0 amide bonds. The van der Waals surface area contributed by atoms with Crippen LogP contribution in [0.2, 0.25) is 0 Å². The number of hydrazine groups is 1.